The zero-order valence-electron chi connectivity index (χ0n) is 12.9. The number of benzene rings is 2. The highest BCUT2D eigenvalue weighted by Crippen LogP contribution is 2.28. The third kappa shape index (κ3) is 3.23. The molecule has 3 rings (SSSR count). The lowest BCUT2D eigenvalue weighted by Gasteiger charge is -2.06. The SMILES string of the molecule is COc1ccc([N+](=O)[O-])cc1C1=N/C(=C/c2ccccc2F)C(=O)O1. The van der Waals surface area contributed by atoms with E-state index in [0.29, 0.717) is 0 Å². The summed E-state index contributed by atoms with van der Waals surface area (Å²) in [7, 11) is 1.37. The number of hydrogen-bond acceptors (Lipinski definition) is 6. The average Bonchev–Trinajstić information content (AvgIpc) is 2.97. The topological polar surface area (TPSA) is 91.0 Å². The van der Waals surface area contributed by atoms with Crippen LogP contribution in [0.1, 0.15) is 11.1 Å². The first-order valence-corrected chi connectivity index (χ1v) is 7.09. The number of halogens is 1. The molecule has 25 heavy (non-hydrogen) atoms. The fourth-order valence-electron chi connectivity index (χ4n) is 2.24. The molecule has 0 fully saturated rings. The molecule has 2 aromatic rings. The molecule has 0 aromatic heterocycles. The Kier molecular flexibility index (Phi) is 4.25. The van der Waals surface area contributed by atoms with Crippen molar-refractivity contribution in [2.45, 2.75) is 0 Å². The lowest BCUT2D eigenvalue weighted by Crippen LogP contribution is -2.07. The molecular weight excluding hydrogens is 331 g/mol. The number of hydrogen-bond donors (Lipinski definition) is 0. The molecule has 0 saturated heterocycles. The summed E-state index contributed by atoms with van der Waals surface area (Å²) in [5.41, 5.74) is 0.00202. The van der Waals surface area contributed by atoms with E-state index in [2.05, 4.69) is 4.99 Å². The summed E-state index contributed by atoms with van der Waals surface area (Å²) in [4.78, 5) is 26.4. The lowest BCUT2D eigenvalue weighted by molar-refractivity contribution is -0.384. The summed E-state index contributed by atoms with van der Waals surface area (Å²) in [5.74, 6) is -1.19. The third-order valence-electron chi connectivity index (χ3n) is 3.44. The van der Waals surface area contributed by atoms with E-state index in [9.17, 15) is 19.3 Å². The number of carbonyl (C=O) groups is 1. The molecule has 0 N–H and O–H groups in total. The summed E-state index contributed by atoms with van der Waals surface area (Å²) in [5, 5.41) is 10.9. The van der Waals surface area contributed by atoms with Gasteiger partial charge in [-0.05, 0) is 18.2 Å². The molecule has 0 saturated carbocycles. The number of non-ortho nitro benzene ring substituents is 1. The van der Waals surface area contributed by atoms with Crippen LogP contribution in [0.25, 0.3) is 6.08 Å². The van der Waals surface area contributed by atoms with Crippen LogP contribution in [0.3, 0.4) is 0 Å². The molecule has 0 aliphatic carbocycles. The van der Waals surface area contributed by atoms with E-state index in [-0.39, 0.29) is 34.2 Å². The van der Waals surface area contributed by atoms with Crippen LogP contribution in [-0.2, 0) is 9.53 Å². The molecule has 0 spiro atoms. The van der Waals surface area contributed by atoms with Crippen molar-refractivity contribution < 1.29 is 23.6 Å². The van der Waals surface area contributed by atoms with Gasteiger partial charge in [-0.1, -0.05) is 18.2 Å². The molecule has 8 heteroatoms. The number of nitro benzene ring substituents is 1. The molecule has 0 atom stereocenters. The van der Waals surface area contributed by atoms with Gasteiger partial charge in [0.15, 0.2) is 5.70 Å². The standard InChI is InChI=1S/C17H11FN2O5/c1-24-15-7-6-11(20(22)23)9-12(15)16-19-14(17(21)25-16)8-10-4-2-3-5-13(10)18/h2-9H,1H3/b14-8+. The van der Waals surface area contributed by atoms with E-state index in [1.54, 1.807) is 6.07 Å². The van der Waals surface area contributed by atoms with E-state index < -0.39 is 16.7 Å². The summed E-state index contributed by atoms with van der Waals surface area (Å²) in [6.07, 6.45) is 1.24. The predicted molar refractivity (Wildman–Crippen MR) is 86.7 cm³/mol. The summed E-state index contributed by atoms with van der Waals surface area (Å²) in [6, 6.07) is 9.70. The highest BCUT2D eigenvalue weighted by molar-refractivity contribution is 6.14. The number of rotatable bonds is 4. The number of ether oxygens (including phenoxy) is 2. The van der Waals surface area contributed by atoms with Crippen molar-refractivity contribution >= 4 is 23.6 Å². The van der Waals surface area contributed by atoms with Crippen molar-refractivity contribution in [3.63, 3.8) is 0 Å². The Morgan fingerprint density at radius 2 is 2.04 bits per heavy atom. The highest BCUT2D eigenvalue weighted by Gasteiger charge is 2.28. The van der Waals surface area contributed by atoms with Crippen LogP contribution >= 0.6 is 0 Å². The summed E-state index contributed by atoms with van der Waals surface area (Å²) in [6.45, 7) is 0. The maximum atomic E-state index is 13.7. The van der Waals surface area contributed by atoms with Crippen LogP contribution in [0.15, 0.2) is 53.2 Å². The molecular formula is C17H11FN2O5. The van der Waals surface area contributed by atoms with E-state index in [1.165, 1.54) is 49.6 Å². The van der Waals surface area contributed by atoms with Crippen molar-refractivity contribution in [3.8, 4) is 5.75 Å². The number of cyclic esters (lactones) is 1. The monoisotopic (exact) mass is 342 g/mol. The van der Waals surface area contributed by atoms with Crippen molar-refractivity contribution in [1.82, 2.24) is 0 Å². The van der Waals surface area contributed by atoms with Gasteiger partial charge in [0.25, 0.3) is 5.69 Å². The van der Waals surface area contributed by atoms with Gasteiger partial charge in [-0.25, -0.2) is 14.2 Å². The van der Waals surface area contributed by atoms with Crippen LogP contribution in [0.5, 0.6) is 5.75 Å². The van der Waals surface area contributed by atoms with Crippen LogP contribution in [0.2, 0.25) is 0 Å². The predicted octanol–water partition coefficient (Wildman–Crippen LogP) is 3.09. The molecule has 126 valence electrons. The van der Waals surface area contributed by atoms with E-state index >= 15 is 0 Å². The van der Waals surface area contributed by atoms with Gasteiger partial charge in [0.2, 0.25) is 5.90 Å². The first kappa shape index (κ1) is 16.3. The Morgan fingerprint density at radius 3 is 2.72 bits per heavy atom. The average molecular weight is 342 g/mol. The summed E-state index contributed by atoms with van der Waals surface area (Å²) < 4.78 is 23.9. The van der Waals surface area contributed by atoms with E-state index in [4.69, 9.17) is 9.47 Å². The number of methoxy groups -OCH3 is 1. The molecule has 1 heterocycles. The van der Waals surface area contributed by atoms with Gasteiger partial charge in [0, 0.05) is 17.7 Å². The first-order chi connectivity index (χ1) is 12.0. The molecule has 1 aliphatic heterocycles. The number of carbonyl (C=O) groups excluding carboxylic acids is 1. The Morgan fingerprint density at radius 1 is 1.28 bits per heavy atom. The molecule has 0 unspecified atom stereocenters. The molecule has 0 bridgehead atoms. The smallest absolute Gasteiger partial charge is 0.363 e. The van der Waals surface area contributed by atoms with Crippen LogP contribution in [-0.4, -0.2) is 23.9 Å². The zero-order valence-corrected chi connectivity index (χ0v) is 12.9. The zero-order chi connectivity index (χ0) is 18.0. The van der Waals surface area contributed by atoms with Crippen molar-refractivity contribution in [2.24, 2.45) is 4.99 Å². The largest absolute Gasteiger partial charge is 0.496 e. The molecule has 0 amide bonds. The van der Waals surface area contributed by atoms with Gasteiger partial charge in [0.05, 0.1) is 17.6 Å². The normalized spacial score (nSPS) is 15.0. The summed E-state index contributed by atoms with van der Waals surface area (Å²) >= 11 is 0. The second-order valence-electron chi connectivity index (χ2n) is 5.00. The highest BCUT2D eigenvalue weighted by atomic mass is 19.1. The van der Waals surface area contributed by atoms with Crippen LogP contribution in [0, 0.1) is 15.9 Å². The van der Waals surface area contributed by atoms with Gasteiger partial charge in [-0.2, -0.15) is 0 Å². The number of nitro groups is 1. The third-order valence-corrected chi connectivity index (χ3v) is 3.44. The number of esters is 1. The quantitative estimate of drug-likeness (QED) is 0.368. The van der Waals surface area contributed by atoms with Gasteiger partial charge in [-0.15, -0.1) is 0 Å². The van der Waals surface area contributed by atoms with Gasteiger partial charge in [0.1, 0.15) is 11.6 Å². The van der Waals surface area contributed by atoms with Crippen molar-refractivity contribution in [2.75, 3.05) is 7.11 Å². The van der Waals surface area contributed by atoms with Crippen molar-refractivity contribution in [3.05, 3.63) is 75.2 Å². The minimum Gasteiger partial charge on any atom is -0.496 e. The second-order valence-corrected chi connectivity index (χ2v) is 5.00. The fourth-order valence-corrected chi connectivity index (χ4v) is 2.24. The van der Waals surface area contributed by atoms with Gasteiger partial charge in [-0.3, -0.25) is 10.1 Å². The van der Waals surface area contributed by atoms with E-state index in [0.717, 1.165) is 0 Å². The van der Waals surface area contributed by atoms with Gasteiger partial charge < -0.3 is 9.47 Å². The molecule has 1 aliphatic rings. The van der Waals surface area contributed by atoms with Crippen LogP contribution < -0.4 is 4.74 Å². The maximum absolute atomic E-state index is 13.7. The van der Waals surface area contributed by atoms with E-state index in [1.807, 2.05) is 0 Å². The Hall–Kier alpha value is -3.55. The molecule has 2 aromatic carbocycles. The molecule has 7 nitrogen and oxygen atoms in total. The minimum absolute atomic E-state index is 0.117. The maximum Gasteiger partial charge on any atom is 0.363 e. The first-order valence-electron chi connectivity index (χ1n) is 7.09. The Balaban J connectivity index is 2.05. The van der Waals surface area contributed by atoms with Gasteiger partial charge >= 0.3 is 5.97 Å². The number of nitrogens with zero attached hydrogens (tertiary/aromatic N) is 2. The Labute approximate surface area is 141 Å². The number of aliphatic imine (C=N–C) groups is 1. The molecule has 0 radical (unpaired) electrons. The van der Waals surface area contributed by atoms with Crippen molar-refractivity contribution in [1.29, 1.82) is 0 Å². The fraction of sp³-hybridized carbons (Fsp3) is 0.0588. The second kappa shape index (κ2) is 6.52. The Bertz CT molecular complexity index is 936. The van der Waals surface area contributed by atoms with Crippen LogP contribution in [0.4, 0.5) is 10.1 Å². The minimum atomic E-state index is -0.785. The lowest BCUT2D eigenvalue weighted by atomic mass is 10.1.